The SMILES string of the molecule is CC.CCN1CCCC(CCc2ccncc2)C1=O. The fraction of sp³-hybridized carbons (Fsp3) is 0.625. The molecule has 1 aliphatic rings. The molecule has 1 fully saturated rings. The van der Waals surface area contributed by atoms with Gasteiger partial charge in [-0.15, -0.1) is 0 Å². The molecule has 19 heavy (non-hydrogen) atoms. The average molecular weight is 262 g/mol. The molecule has 3 heteroatoms. The van der Waals surface area contributed by atoms with Gasteiger partial charge in [0.1, 0.15) is 0 Å². The summed E-state index contributed by atoms with van der Waals surface area (Å²) in [6.45, 7) is 7.86. The lowest BCUT2D eigenvalue weighted by molar-refractivity contribution is -0.138. The number of pyridine rings is 1. The quantitative estimate of drug-likeness (QED) is 0.834. The Kier molecular flexibility index (Phi) is 7.16. The van der Waals surface area contributed by atoms with Gasteiger partial charge < -0.3 is 4.90 Å². The summed E-state index contributed by atoms with van der Waals surface area (Å²) < 4.78 is 0. The molecule has 0 bridgehead atoms. The van der Waals surface area contributed by atoms with E-state index >= 15 is 0 Å². The van der Waals surface area contributed by atoms with Crippen LogP contribution in [0.15, 0.2) is 24.5 Å². The van der Waals surface area contributed by atoms with Crippen LogP contribution in [-0.4, -0.2) is 28.9 Å². The van der Waals surface area contributed by atoms with E-state index in [1.807, 2.05) is 43.3 Å². The van der Waals surface area contributed by atoms with Crippen LogP contribution in [0.25, 0.3) is 0 Å². The Labute approximate surface area is 117 Å². The fourth-order valence-electron chi connectivity index (χ4n) is 2.49. The number of carbonyl (C=O) groups excluding carboxylic acids is 1. The van der Waals surface area contributed by atoms with Crippen molar-refractivity contribution in [3.63, 3.8) is 0 Å². The molecular formula is C16H26N2O. The van der Waals surface area contributed by atoms with Crippen LogP contribution >= 0.6 is 0 Å². The highest BCUT2D eigenvalue weighted by Crippen LogP contribution is 2.22. The Bertz CT molecular complexity index is 364. The van der Waals surface area contributed by atoms with E-state index in [1.165, 1.54) is 5.56 Å². The number of nitrogens with zero attached hydrogens (tertiary/aromatic N) is 2. The summed E-state index contributed by atoms with van der Waals surface area (Å²) in [7, 11) is 0. The van der Waals surface area contributed by atoms with Crippen molar-refractivity contribution in [1.82, 2.24) is 9.88 Å². The first-order valence-electron chi connectivity index (χ1n) is 7.49. The lowest BCUT2D eigenvalue weighted by atomic mass is 9.91. The molecule has 1 saturated heterocycles. The summed E-state index contributed by atoms with van der Waals surface area (Å²) in [4.78, 5) is 18.1. The highest BCUT2D eigenvalue weighted by molar-refractivity contribution is 5.79. The Hall–Kier alpha value is -1.38. The van der Waals surface area contributed by atoms with Gasteiger partial charge in [-0.2, -0.15) is 0 Å². The maximum absolute atomic E-state index is 12.1. The van der Waals surface area contributed by atoms with Crippen molar-refractivity contribution in [2.45, 2.75) is 46.5 Å². The largest absolute Gasteiger partial charge is 0.343 e. The Morgan fingerprint density at radius 2 is 2.00 bits per heavy atom. The second-order valence-electron chi connectivity index (χ2n) is 4.65. The van der Waals surface area contributed by atoms with Gasteiger partial charge in [-0.25, -0.2) is 0 Å². The number of rotatable bonds is 4. The molecule has 0 aromatic carbocycles. The maximum atomic E-state index is 12.1. The van der Waals surface area contributed by atoms with Gasteiger partial charge in [0, 0.05) is 31.4 Å². The van der Waals surface area contributed by atoms with Gasteiger partial charge in [-0.3, -0.25) is 9.78 Å². The molecule has 1 aromatic rings. The first-order valence-corrected chi connectivity index (χ1v) is 7.49. The normalized spacial score (nSPS) is 18.8. The molecule has 0 N–H and O–H groups in total. The van der Waals surface area contributed by atoms with Crippen LogP contribution in [0, 0.1) is 5.92 Å². The summed E-state index contributed by atoms with van der Waals surface area (Å²) in [5.41, 5.74) is 1.28. The minimum Gasteiger partial charge on any atom is -0.343 e. The molecule has 1 atom stereocenters. The highest BCUT2D eigenvalue weighted by Gasteiger charge is 2.26. The Morgan fingerprint density at radius 3 is 2.63 bits per heavy atom. The lowest BCUT2D eigenvalue weighted by Gasteiger charge is -2.31. The second kappa shape index (κ2) is 8.68. The van der Waals surface area contributed by atoms with E-state index in [0.29, 0.717) is 5.91 Å². The van der Waals surface area contributed by atoms with Crippen LogP contribution in [0.4, 0.5) is 0 Å². The number of likely N-dealkylation sites (tertiary alicyclic amines) is 1. The molecule has 0 spiro atoms. The van der Waals surface area contributed by atoms with Crippen LogP contribution in [0.2, 0.25) is 0 Å². The van der Waals surface area contributed by atoms with E-state index < -0.39 is 0 Å². The van der Waals surface area contributed by atoms with Crippen LogP contribution in [0.5, 0.6) is 0 Å². The molecule has 2 heterocycles. The molecular weight excluding hydrogens is 236 g/mol. The molecule has 0 aliphatic carbocycles. The van der Waals surface area contributed by atoms with Crippen LogP contribution in [0.3, 0.4) is 0 Å². The second-order valence-corrected chi connectivity index (χ2v) is 4.65. The zero-order chi connectivity index (χ0) is 14.1. The molecule has 2 rings (SSSR count). The summed E-state index contributed by atoms with van der Waals surface area (Å²) in [5.74, 6) is 0.588. The molecule has 1 unspecified atom stereocenters. The van der Waals surface area contributed by atoms with E-state index in [4.69, 9.17) is 0 Å². The zero-order valence-corrected chi connectivity index (χ0v) is 12.4. The number of piperidine rings is 1. The summed E-state index contributed by atoms with van der Waals surface area (Å²) >= 11 is 0. The number of hydrogen-bond acceptors (Lipinski definition) is 2. The minimum atomic E-state index is 0.233. The maximum Gasteiger partial charge on any atom is 0.225 e. The van der Waals surface area contributed by atoms with Gasteiger partial charge in [0.25, 0.3) is 0 Å². The standard InChI is InChI=1S/C14H20N2O.C2H6/c1-2-16-11-3-4-13(14(16)17)6-5-12-7-9-15-10-8-12;1-2/h7-10,13H,2-6,11H2,1H3;1-2H3. The van der Waals surface area contributed by atoms with Crippen molar-refractivity contribution in [1.29, 1.82) is 0 Å². The van der Waals surface area contributed by atoms with Crippen LogP contribution < -0.4 is 0 Å². The van der Waals surface area contributed by atoms with Crippen molar-refractivity contribution >= 4 is 5.91 Å². The van der Waals surface area contributed by atoms with Gasteiger partial charge in [-0.05, 0) is 50.3 Å². The molecule has 1 aliphatic heterocycles. The molecule has 0 saturated carbocycles. The number of aryl methyl sites for hydroxylation is 1. The van der Waals surface area contributed by atoms with Crippen molar-refractivity contribution < 1.29 is 4.79 Å². The van der Waals surface area contributed by atoms with Gasteiger partial charge in [0.2, 0.25) is 5.91 Å². The first kappa shape index (κ1) is 15.7. The van der Waals surface area contributed by atoms with Gasteiger partial charge >= 0.3 is 0 Å². The Balaban J connectivity index is 0.000000861. The van der Waals surface area contributed by atoms with E-state index in [1.54, 1.807) is 0 Å². The number of carbonyl (C=O) groups is 1. The summed E-state index contributed by atoms with van der Waals surface area (Å²) in [6, 6.07) is 4.07. The van der Waals surface area contributed by atoms with Crippen LogP contribution in [0.1, 0.15) is 45.6 Å². The predicted octanol–water partition coefficient (Wildman–Crippen LogP) is 3.30. The zero-order valence-electron chi connectivity index (χ0n) is 12.4. The molecule has 0 radical (unpaired) electrons. The van der Waals surface area contributed by atoms with Crippen LogP contribution in [-0.2, 0) is 11.2 Å². The molecule has 1 amide bonds. The van der Waals surface area contributed by atoms with E-state index in [2.05, 4.69) is 11.9 Å². The topological polar surface area (TPSA) is 33.2 Å². The number of aromatic nitrogens is 1. The van der Waals surface area contributed by atoms with Crippen molar-refractivity contribution in [3.8, 4) is 0 Å². The van der Waals surface area contributed by atoms with Crippen molar-refractivity contribution in [2.75, 3.05) is 13.1 Å². The third kappa shape index (κ3) is 4.66. The fourth-order valence-corrected chi connectivity index (χ4v) is 2.49. The molecule has 106 valence electrons. The molecule has 3 nitrogen and oxygen atoms in total. The monoisotopic (exact) mass is 262 g/mol. The van der Waals surface area contributed by atoms with E-state index in [-0.39, 0.29) is 5.92 Å². The number of hydrogen-bond donors (Lipinski definition) is 0. The lowest BCUT2D eigenvalue weighted by Crippen LogP contribution is -2.41. The minimum absolute atomic E-state index is 0.233. The van der Waals surface area contributed by atoms with E-state index in [9.17, 15) is 4.79 Å². The summed E-state index contributed by atoms with van der Waals surface area (Å²) in [6.07, 6.45) is 7.80. The van der Waals surface area contributed by atoms with Gasteiger partial charge in [0.05, 0.1) is 0 Å². The average Bonchev–Trinajstić information content (AvgIpc) is 2.49. The smallest absolute Gasteiger partial charge is 0.225 e. The predicted molar refractivity (Wildman–Crippen MR) is 78.9 cm³/mol. The summed E-state index contributed by atoms with van der Waals surface area (Å²) in [5, 5.41) is 0. The van der Waals surface area contributed by atoms with Gasteiger partial charge in [0.15, 0.2) is 0 Å². The van der Waals surface area contributed by atoms with Gasteiger partial charge in [-0.1, -0.05) is 13.8 Å². The third-order valence-corrected chi connectivity index (χ3v) is 3.55. The molecule has 1 aromatic heterocycles. The number of amides is 1. The first-order chi connectivity index (χ1) is 9.31. The highest BCUT2D eigenvalue weighted by atomic mass is 16.2. The van der Waals surface area contributed by atoms with Crippen molar-refractivity contribution in [2.24, 2.45) is 5.92 Å². The third-order valence-electron chi connectivity index (χ3n) is 3.55. The van der Waals surface area contributed by atoms with E-state index in [0.717, 1.165) is 38.8 Å². The Morgan fingerprint density at radius 1 is 1.32 bits per heavy atom. The van der Waals surface area contributed by atoms with Crippen molar-refractivity contribution in [3.05, 3.63) is 30.1 Å².